The number of benzene rings is 3. The molecule has 0 unspecified atom stereocenters. The zero-order valence-corrected chi connectivity index (χ0v) is 16.7. The number of morpholine rings is 1. The average molecular weight is 404 g/mol. The molecule has 1 heterocycles. The molecule has 1 saturated heterocycles. The minimum atomic E-state index is -0.765. The van der Waals surface area contributed by atoms with Crippen molar-refractivity contribution in [2.75, 3.05) is 0 Å². The molecule has 0 aromatic heterocycles. The maximum Gasteiger partial charge on any atom is 0.411 e. The summed E-state index contributed by atoms with van der Waals surface area (Å²) in [7, 11) is 0. The molecule has 0 N–H and O–H groups in total. The Hall–Kier alpha value is -3.60. The number of nitrogens with zero attached hydrogens (tertiary/aromatic N) is 1. The Morgan fingerprint density at radius 2 is 1.40 bits per heavy atom. The first-order valence-corrected chi connectivity index (χ1v) is 9.94. The van der Waals surface area contributed by atoms with E-state index in [1.807, 2.05) is 91.0 Å². The van der Waals surface area contributed by atoms with Crippen LogP contribution in [0.25, 0.3) is 0 Å². The highest BCUT2D eigenvalue weighted by Crippen LogP contribution is 2.42. The lowest BCUT2D eigenvalue weighted by atomic mass is 9.96. The summed E-state index contributed by atoms with van der Waals surface area (Å²) in [4.78, 5) is 27.4. The molecule has 0 saturated carbocycles. The van der Waals surface area contributed by atoms with E-state index in [0.717, 1.165) is 16.7 Å². The number of cyclic esters (lactones) is 1. The largest absolute Gasteiger partial charge is 0.453 e. The van der Waals surface area contributed by atoms with Crippen molar-refractivity contribution in [1.82, 2.24) is 4.90 Å². The van der Waals surface area contributed by atoms with Crippen LogP contribution < -0.4 is 0 Å². The van der Waals surface area contributed by atoms with Crippen LogP contribution in [0.3, 0.4) is 0 Å². The molecule has 0 radical (unpaired) electrons. The summed E-state index contributed by atoms with van der Waals surface area (Å²) in [5.41, 5.74) is 2.59. The van der Waals surface area contributed by atoms with Gasteiger partial charge in [0.15, 0.2) is 6.10 Å². The van der Waals surface area contributed by atoms with Gasteiger partial charge in [-0.05, 0) is 23.6 Å². The highest BCUT2D eigenvalue weighted by atomic mass is 16.7. The Morgan fingerprint density at radius 1 is 0.867 bits per heavy atom. The van der Waals surface area contributed by atoms with Crippen LogP contribution in [0.4, 0.5) is 4.79 Å². The van der Waals surface area contributed by atoms with Crippen molar-refractivity contribution in [2.24, 2.45) is 0 Å². The number of amides is 1. The van der Waals surface area contributed by atoms with Gasteiger partial charge in [0.05, 0.1) is 0 Å². The Bertz CT molecular complexity index is 991. The van der Waals surface area contributed by atoms with Crippen LogP contribution in [0.1, 0.15) is 35.8 Å². The third kappa shape index (κ3) is 4.06. The average Bonchev–Trinajstić information content (AvgIpc) is 2.80. The predicted octanol–water partition coefficient (Wildman–Crippen LogP) is 5.05. The molecule has 3 aromatic carbocycles. The third-order valence-electron chi connectivity index (χ3n) is 5.27. The molecule has 1 aliphatic heterocycles. The highest BCUT2D eigenvalue weighted by Gasteiger charge is 2.46. The quantitative estimate of drug-likeness (QED) is 0.347. The lowest BCUT2D eigenvalue weighted by Crippen LogP contribution is -2.53. The smallest absolute Gasteiger partial charge is 0.411 e. The second-order valence-corrected chi connectivity index (χ2v) is 7.25. The summed E-state index contributed by atoms with van der Waals surface area (Å²) < 4.78 is 11.4. The zero-order chi connectivity index (χ0) is 20.9. The molecular formula is C25H23NO4. The molecule has 1 fully saturated rings. The fraction of sp³-hybridized carbons (Fsp3) is 0.200. The topological polar surface area (TPSA) is 55.8 Å². The number of hydrogen-bond acceptors (Lipinski definition) is 4. The maximum absolute atomic E-state index is 13.2. The van der Waals surface area contributed by atoms with E-state index in [-0.39, 0.29) is 6.61 Å². The number of ether oxygens (including phenoxy) is 2. The molecule has 0 spiro atoms. The highest BCUT2D eigenvalue weighted by molar-refractivity contribution is 5.83. The zero-order valence-electron chi connectivity index (χ0n) is 16.7. The second kappa shape index (κ2) is 8.82. The number of rotatable bonds is 4. The Morgan fingerprint density at radius 3 is 2.00 bits per heavy atom. The van der Waals surface area contributed by atoms with E-state index in [1.165, 1.54) is 4.90 Å². The summed E-state index contributed by atoms with van der Waals surface area (Å²) in [5.74, 6) is -0.451. The van der Waals surface area contributed by atoms with Crippen molar-refractivity contribution in [2.45, 2.75) is 31.7 Å². The van der Waals surface area contributed by atoms with E-state index >= 15 is 0 Å². The van der Waals surface area contributed by atoms with Gasteiger partial charge in [-0.25, -0.2) is 9.59 Å². The van der Waals surface area contributed by atoms with Crippen molar-refractivity contribution < 1.29 is 19.1 Å². The van der Waals surface area contributed by atoms with E-state index in [2.05, 4.69) is 0 Å². The minimum Gasteiger partial charge on any atom is -0.453 e. The van der Waals surface area contributed by atoms with Crippen LogP contribution in [0, 0.1) is 0 Å². The maximum atomic E-state index is 13.2. The summed E-state index contributed by atoms with van der Waals surface area (Å²) >= 11 is 0. The second-order valence-electron chi connectivity index (χ2n) is 7.25. The molecular weight excluding hydrogens is 381 g/mol. The first-order valence-electron chi connectivity index (χ1n) is 9.94. The van der Waals surface area contributed by atoms with Gasteiger partial charge in [-0.3, -0.25) is 4.90 Å². The number of esters is 1. The lowest BCUT2D eigenvalue weighted by Gasteiger charge is -2.43. The van der Waals surface area contributed by atoms with Crippen LogP contribution >= 0.6 is 0 Å². The van der Waals surface area contributed by atoms with Crippen molar-refractivity contribution in [3.63, 3.8) is 0 Å². The summed E-state index contributed by atoms with van der Waals surface area (Å²) in [6, 6.07) is 27.3. The summed E-state index contributed by atoms with van der Waals surface area (Å²) in [5, 5.41) is 0. The van der Waals surface area contributed by atoms with Gasteiger partial charge in [0.25, 0.3) is 0 Å². The fourth-order valence-electron chi connectivity index (χ4n) is 3.73. The molecule has 1 aliphatic rings. The van der Waals surface area contributed by atoms with Crippen LogP contribution in [-0.4, -0.2) is 23.0 Å². The third-order valence-corrected chi connectivity index (χ3v) is 5.27. The molecule has 3 atom stereocenters. The molecule has 1 amide bonds. The van der Waals surface area contributed by atoms with Gasteiger partial charge in [0, 0.05) is 0 Å². The molecule has 5 nitrogen and oxygen atoms in total. The van der Waals surface area contributed by atoms with Crippen molar-refractivity contribution in [3.8, 4) is 0 Å². The number of carbonyl (C=O) groups excluding carboxylic acids is 2. The van der Waals surface area contributed by atoms with Gasteiger partial charge in [-0.15, -0.1) is 0 Å². The molecule has 30 heavy (non-hydrogen) atoms. The standard InChI is InChI=1S/C25H23NO4/c1-18-24(27)30-23(21-15-9-4-10-16-21)22(20-13-7-3-8-14-20)26(18)25(28)29-17-19-11-5-2-6-12-19/h2-16,18,22-23H,17H2,1H3/t18-,22-,23+/m0/s1/i18+1,24+1,26+1. The number of hydrogen-bond donors (Lipinski definition) is 0. The Kier molecular flexibility index (Phi) is 5.80. The number of carbonyl (C=O) groups is 2. The van der Waals surface area contributed by atoms with Crippen molar-refractivity contribution >= 4 is 12.1 Å². The normalized spacial score (nSPS) is 21.0. The van der Waals surface area contributed by atoms with Gasteiger partial charge < -0.3 is 9.47 Å². The van der Waals surface area contributed by atoms with E-state index < -0.39 is 30.3 Å². The van der Waals surface area contributed by atoms with Gasteiger partial charge in [0.2, 0.25) is 0 Å². The SMILES string of the molecule is C[13C@H]1[13C](=O)O[C@H](c2ccccc2)[C@H](c2ccccc2)[15N]1C(=O)OCc1ccccc1. The minimum absolute atomic E-state index is 0.134. The molecule has 3 aromatic rings. The predicted molar refractivity (Wildman–Crippen MR) is 112 cm³/mol. The van der Waals surface area contributed by atoms with Gasteiger partial charge in [-0.2, -0.15) is 0 Å². The molecule has 5 heteroatoms. The first-order chi connectivity index (χ1) is 14.6. The first kappa shape index (κ1) is 19.7. The Labute approximate surface area is 175 Å². The van der Waals surface area contributed by atoms with E-state index in [1.54, 1.807) is 6.92 Å². The van der Waals surface area contributed by atoms with Crippen molar-refractivity contribution in [1.29, 1.82) is 0 Å². The monoisotopic (exact) mass is 404 g/mol. The van der Waals surface area contributed by atoms with Gasteiger partial charge >= 0.3 is 12.1 Å². The van der Waals surface area contributed by atoms with Crippen LogP contribution in [0.5, 0.6) is 0 Å². The van der Waals surface area contributed by atoms with Gasteiger partial charge in [-0.1, -0.05) is 91.0 Å². The molecule has 0 aliphatic carbocycles. The van der Waals surface area contributed by atoms with Crippen molar-refractivity contribution in [3.05, 3.63) is 108 Å². The molecule has 0 bridgehead atoms. The van der Waals surface area contributed by atoms with Crippen LogP contribution in [0.15, 0.2) is 91.0 Å². The van der Waals surface area contributed by atoms with Crippen LogP contribution in [0.2, 0.25) is 0 Å². The van der Waals surface area contributed by atoms with Gasteiger partial charge in [0.1, 0.15) is 18.7 Å². The Balaban J connectivity index is 1.69. The van der Waals surface area contributed by atoms with Crippen LogP contribution in [-0.2, 0) is 20.9 Å². The summed E-state index contributed by atoms with van der Waals surface area (Å²) in [6.45, 7) is 1.80. The van der Waals surface area contributed by atoms with E-state index in [0.29, 0.717) is 0 Å². The molecule has 4 rings (SSSR count). The molecule has 152 valence electrons. The lowest BCUT2D eigenvalue weighted by molar-refractivity contribution is -0.172. The summed E-state index contributed by atoms with van der Waals surface area (Å²) in [6.07, 6.45) is -1.17. The fourth-order valence-corrected chi connectivity index (χ4v) is 3.73. The van der Waals surface area contributed by atoms with E-state index in [9.17, 15) is 9.59 Å². The van der Waals surface area contributed by atoms with E-state index in [4.69, 9.17) is 9.47 Å².